The van der Waals surface area contributed by atoms with E-state index in [0.29, 0.717) is 45.7 Å². The molecule has 36 heavy (non-hydrogen) atoms. The summed E-state index contributed by atoms with van der Waals surface area (Å²) in [6.45, 7) is 0.392. The summed E-state index contributed by atoms with van der Waals surface area (Å²) in [7, 11) is 1.79. The molecule has 1 atom stereocenters. The Labute approximate surface area is 219 Å². The molecule has 0 saturated heterocycles. The van der Waals surface area contributed by atoms with Gasteiger partial charge in [0.15, 0.2) is 0 Å². The van der Waals surface area contributed by atoms with Crippen LogP contribution >= 0.6 is 23.2 Å². The van der Waals surface area contributed by atoms with Crippen molar-refractivity contribution in [1.82, 2.24) is 20.1 Å². The fourth-order valence-corrected chi connectivity index (χ4v) is 5.35. The minimum atomic E-state index is -0.326. The number of ether oxygens (including phenoxy) is 1. The predicted molar refractivity (Wildman–Crippen MR) is 138 cm³/mol. The molecule has 1 aromatic carbocycles. The minimum Gasteiger partial charge on any atom is -0.473 e. The summed E-state index contributed by atoms with van der Waals surface area (Å²) in [5, 5.41) is 8.10. The van der Waals surface area contributed by atoms with Crippen LogP contribution in [0.25, 0.3) is 0 Å². The van der Waals surface area contributed by atoms with Gasteiger partial charge in [0, 0.05) is 19.8 Å². The van der Waals surface area contributed by atoms with E-state index in [1.54, 1.807) is 53.2 Å². The maximum atomic E-state index is 13.5. The average molecular weight is 528 g/mol. The number of aryl methyl sites for hydroxylation is 1. The van der Waals surface area contributed by atoms with E-state index in [2.05, 4.69) is 15.4 Å². The molecular formula is C26H27Cl2N5O3. The smallest absolute Gasteiger partial charge is 0.259 e. The van der Waals surface area contributed by atoms with Gasteiger partial charge in [-0.25, -0.2) is 4.98 Å². The number of carbonyl (C=O) groups excluding carboxylic acids is 2. The lowest BCUT2D eigenvalue weighted by Crippen LogP contribution is -2.41. The summed E-state index contributed by atoms with van der Waals surface area (Å²) in [6, 6.07) is 8.18. The van der Waals surface area contributed by atoms with Crippen LogP contribution in [0.5, 0.6) is 5.88 Å². The summed E-state index contributed by atoms with van der Waals surface area (Å²) >= 11 is 12.7. The van der Waals surface area contributed by atoms with Crippen molar-refractivity contribution in [3.8, 4) is 5.88 Å². The van der Waals surface area contributed by atoms with Gasteiger partial charge >= 0.3 is 0 Å². The second-order valence-electron chi connectivity index (χ2n) is 9.18. The largest absolute Gasteiger partial charge is 0.473 e. The molecule has 188 valence electrons. The molecule has 2 aliphatic rings. The molecule has 8 nitrogen and oxygen atoms in total. The van der Waals surface area contributed by atoms with Crippen LogP contribution in [0, 0.1) is 0 Å². The van der Waals surface area contributed by atoms with Crippen molar-refractivity contribution in [2.75, 3.05) is 11.4 Å². The number of fused-ring (bicyclic) bond motifs is 1. The number of pyridine rings is 1. The van der Waals surface area contributed by atoms with Gasteiger partial charge in [0.05, 0.1) is 39.8 Å². The zero-order valence-electron chi connectivity index (χ0n) is 19.9. The monoisotopic (exact) mass is 527 g/mol. The molecule has 2 aromatic heterocycles. The lowest BCUT2D eigenvalue weighted by Gasteiger charge is -2.32. The Morgan fingerprint density at radius 2 is 1.83 bits per heavy atom. The van der Waals surface area contributed by atoms with E-state index in [4.69, 9.17) is 27.9 Å². The lowest BCUT2D eigenvalue weighted by molar-refractivity contribution is 0.0931. The van der Waals surface area contributed by atoms with Gasteiger partial charge in [-0.05, 0) is 50.3 Å². The highest BCUT2D eigenvalue weighted by atomic mass is 35.5. The van der Waals surface area contributed by atoms with Crippen LogP contribution in [0.3, 0.4) is 0 Å². The highest BCUT2D eigenvalue weighted by molar-refractivity contribution is 6.34. The molecule has 1 aliphatic heterocycles. The van der Waals surface area contributed by atoms with Gasteiger partial charge in [0.25, 0.3) is 11.8 Å². The third kappa shape index (κ3) is 4.92. The molecule has 3 aromatic rings. The Hall–Kier alpha value is -3.10. The number of halogens is 2. The van der Waals surface area contributed by atoms with Crippen molar-refractivity contribution in [1.29, 1.82) is 0 Å². The van der Waals surface area contributed by atoms with Crippen molar-refractivity contribution in [3.05, 3.63) is 69.6 Å². The fourth-order valence-electron chi connectivity index (χ4n) is 4.92. The number of nitrogens with one attached hydrogen (secondary N) is 1. The van der Waals surface area contributed by atoms with Crippen molar-refractivity contribution < 1.29 is 14.3 Å². The van der Waals surface area contributed by atoms with Crippen LogP contribution in [0.2, 0.25) is 10.0 Å². The SMILES string of the molecule is Cn1ncc2c1C(NC(=O)c1ccccc1Cl)CCN2C(=O)c1cnc(OC2CCCCC2)c(Cl)c1. The molecule has 5 rings (SSSR count). The number of aromatic nitrogens is 3. The van der Waals surface area contributed by atoms with Crippen LogP contribution in [-0.4, -0.2) is 39.2 Å². The minimum absolute atomic E-state index is 0.114. The van der Waals surface area contributed by atoms with Crippen LogP contribution < -0.4 is 15.0 Å². The van der Waals surface area contributed by atoms with Crippen LogP contribution in [0.15, 0.2) is 42.7 Å². The second kappa shape index (κ2) is 10.5. The molecule has 1 fully saturated rings. The van der Waals surface area contributed by atoms with Gasteiger partial charge in [-0.1, -0.05) is 41.8 Å². The standard InChI is InChI=1S/C26H27Cl2N5O3/c1-32-23-21(31-24(34)18-9-5-6-10-19(18)27)11-12-33(22(23)15-30-32)26(35)16-13-20(28)25(29-14-16)36-17-7-3-2-4-8-17/h5-6,9-10,13-15,17,21H,2-4,7-8,11-12H2,1H3,(H,31,34). The van der Waals surface area contributed by atoms with Gasteiger partial charge in [0.2, 0.25) is 5.88 Å². The number of benzene rings is 1. The maximum absolute atomic E-state index is 13.5. The Morgan fingerprint density at radius 3 is 2.58 bits per heavy atom. The van der Waals surface area contributed by atoms with Crippen LogP contribution in [-0.2, 0) is 7.05 Å². The molecule has 1 unspecified atom stereocenters. The van der Waals surface area contributed by atoms with Gasteiger partial charge in [-0.15, -0.1) is 0 Å². The van der Waals surface area contributed by atoms with Crippen molar-refractivity contribution in [2.24, 2.45) is 7.05 Å². The number of amides is 2. The highest BCUT2D eigenvalue weighted by Crippen LogP contribution is 2.35. The first kappa shape index (κ1) is 24.6. The zero-order valence-corrected chi connectivity index (χ0v) is 21.4. The molecule has 1 saturated carbocycles. The van der Waals surface area contributed by atoms with E-state index in [0.717, 1.165) is 31.4 Å². The van der Waals surface area contributed by atoms with Crippen LogP contribution in [0.1, 0.15) is 71.0 Å². The number of hydrogen-bond acceptors (Lipinski definition) is 5. The first-order valence-electron chi connectivity index (χ1n) is 12.1. The third-order valence-corrected chi connectivity index (χ3v) is 7.38. The molecule has 1 aliphatic carbocycles. The Morgan fingerprint density at radius 1 is 1.06 bits per heavy atom. The summed E-state index contributed by atoms with van der Waals surface area (Å²) in [6.07, 6.45) is 9.26. The van der Waals surface area contributed by atoms with Gasteiger partial charge in [0.1, 0.15) is 11.1 Å². The van der Waals surface area contributed by atoms with E-state index in [-0.39, 0.29) is 24.0 Å². The van der Waals surface area contributed by atoms with E-state index in [1.807, 2.05) is 0 Å². The highest BCUT2D eigenvalue weighted by Gasteiger charge is 2.34. The normalized spacial score (nSPS) is 18.0. The molecular weight excluding hydrogens is 501 g/mol. The van der Waals surface area contributed by atoms with Gasteiger partial charge in [-0.2, -0.15) is 5.10 Å². The van der Waals surface area contributed by atoms with Crippen molar-refractivity contribution in [2.45, 2.75) is 50.7 Å². The molecule has 3 heterocycles. The summed E-state index contributed by atoms with van der Waals surface area (Å²) in [5.41, 5.74) is 2.14. The number of hydrogen-bond donors (Lipinski definition) is 1. The van der Waals surface area contributed by atoms with E-state index in [1.165, 1.54) is 12.6 Å². The Kier molecular flexibility index (Phi) is 7.16. The molecule has 10 heteroatoms. The van der Waals surface area contributed by atoms with E-state index < -0.39 is 0 Å². The van der Waals surface area contributed by atoms with Crippen molar-refractivity contribution >= 4 is 40.7 Å². The Bertz CT molecular complexity index is 1290. The molecule has 0 spiro atoms. The molecule has 0 bridgehead atoms. The van der Waals surface area contributed by atoms with E-state index >= 15 is 0 Å². The maximum Gasteiger partial charge on any atom is 0.259 e. The summed E-state index contributed by atoms with van der Waals surface area (Å²) < 4.78 is 7.67. The quantitative estimate of drug-likeness (QED) is 0.482. The number of nitrogens with zero attached hydrogens (tertiary/aromatic N) is 4. The Balaban J connectivity index is 1.33. The average Bonchev–Trinajstić information content (AvgIpc) is 3.28. The summed E-state index contributed by atoms with van der Waals surface area (Å²) in [5.74, 6) is -0.149. The predicted octanol–water partition coefficient (Wildman–Crippen LogP) is 5.36. The zero-order chi connectivity index (χ0) is 25.2. The number of carbonyl (C=O) groups is 2. The molecule has 1 N–H and O–H groups in total. The molecule has 0 radical (unpaired) electrons. The van der Waals surface area contributed by atoms with E-state index in [9.17, 15) is 9.59 Å². The lowest BCUT2D eigenvalue weighted by atomic mass is 9.98. The first-order valence-corrected chi connectivity index (χ1v) is 12.9. The van der Waals surface area contributed by atoms with Gasteiger partial charge in [-0.3, -0.25) is 14.3 Å². The second-order valence-corrected chi connectivity index (χ2v) is 9.99. The van der Waals surface area contributed by atoms with Crippen molar-refractivity contribution in [3.63, 3.8) is 0 Å². The third-order valence-electron chi connectivity index (χ3n) is 6.78. The van der Waals surface area contributed by atoms with Crippen LogP contribution in [0.4, 0.5) is 5.69 Å². The topological polar surface area (TPSA) is 89.4 Å². The summed E-state index contributed by atoms with van der Waals surface area (Å²) in [4.78, 5) is 32.4. The van der Waals surface area contributed by atoms with Gasteiger partial charge < -0.3 is 15.0 Å². The number of anilines is 1. The molecule has 2 amide bonds. The fraction of sp³-hybridized carbons (Fsp3) is 0.385. The first-order chi connectivity index (χ1) is 17.4. The number of rotatable bonds is 5.